The zero-order valence-electron chi connectivity index (χ0n) is 8.84. The van der Waals surface area contributed by atoms with Gasteiger partial charge >= 0.3 is 0 Å². The summed E-state index contributed by atoms with van der Waals surface area (Å²) in [5.41, 5.74) is -0.998. The summed E-state index contributed by atoms with van der Waals surface area (Å²) in [6.07, 6.45) is 10.6. The number of fused-ring (bicyclic) bond motifs is 1. The fraction of sp³-hybridized carbons (Fsp3) is 0.833. The minimum absolute atomic E-state index is 0.113. The molecular formula is C12H19NO. The van der Waals surface area contributed by atoms with Gasteiger partial charge in [-0.25, -0.2) is 0 Å². The van der Waals surface area contributed by atoms with Crippen LogP contribution < -0.4 is 5.32 Å². The van der Waals surface area contributed by atoms with Crippen LogP contribution in [0.25, 0.3) is 0 Å². The first-order chi connectivity index (χ1) is 6.62. The largest absolute Gasteiger partial charge is 0.377 e. The molecule has 2 heteroatoms. The lowest BCUT2D eigenvalue weighted by molar-refractivity contribution is -0.0936. The summed E-state index contributed by atoms with van der Waals surface area (Å²) in [7, 11) is 0. The van der Waals surface area contributed by atoms with Crippen LogP contribution in [-0.2, 0) is 0 Å². The highest BCUT2D eigenvalue weighted by Crippen LogP contribution is 2.48. The number of aliphatic hydroxyl groups is 1. The quantitative estimate of drug-likeness (QED) is 0.568. The predicted octanol–water partition coefficient (Wildman–Crippen LogP) is 1.29. The highest BCUT2D eigenvalue weighted by atomic mass is 16.3. The van der Waals surface area contributed by atoms with Crippen LogP contribution in [0.2, 0.25) is 0 Å². The van der Waals surface area contributed by atoms with Gasteiger partial charge in [-0.05, 0) is 38.6 Å². The van der Waals surface area contributed by atoms with E-state index in [2.05, 4.69) is 18.2 Å². The Kier molecular flexibility index (Phi) is 2.33. The minimum Gasteiger partial charge on any atom is -0.377 e. The van der Waals surface area contributed by atoms with Gasteiger partial charge in [0.1, 0.15) is 5.60 Å². The Bertz CT molecular complexity index is 268. The van der Waals surface area contributed by atoms with Crippen LogP contribution in [0.15, 0.2) is 0 Å². The number of hydrogen-bond acceptors (Lipinski definition) is 2. The Labute approximate surface area is 86.1 Å². The third-order valence-corrected chi connectivity index (χ3v) is 4.25. The van der Waals surface area contributed by atoms with Crippen molar-refractivity contribution < 1.29 is 5.11 Å². The van der Waals surface area contributed by atoms with Crippen molar-refractivity contribution in [3.05, 3.63) is 0 Å². The van der Waals surface area contributed by atoms with Crippen LogP contribution in [0.5, 0.6) is 0 Å². The van der Waals surface area contributed by atoms with Crippen molar-refractivity contribution in [3.8, 4) is 12.3 Å². The average molecular weight is 193 g/mol. The van der Waals surface area contributed by atoms with Crippen molar-refractivity contribution in [2.75, 3.05) is 6.54 Å². The van der Waals surface area contributed by atoms with E-state index in [1.807, 2.05) is 0 Å². The van der Waals surface area contributed by atoms with Gasteiger partial charge in [0.05, 0.1) is 0 Å². The molecule has 1 unspecified atom stereocenters. The van der Waals surface area contributed by atoms with Gasteiger partial charge < -0.3 is 10.4 Å². The standard InChI is InChI=1S/C12H19NO/c1-3-12(14)8-4-6-10-11(12,2)7-5-9-13-10/h1,10,13-14H,4-9H2,2H3/t10?,11-,12+/m1/s1. The molecule has 0 spiro atoms. The van der Waals surface area contributed by atoms with E-state index in [1.165, 1.54) is 0 Å². The van der Waals surface area contributed by atoms with Gasteiger partial charge in [0.2, 0.25) is 0 Å². The highest BCUT2D eigenvalue weighted by molar-refractivity contribution is 5.20. The van der Waals surface area contributed by atoms with Gasteiger partial charge in [-0.2, -0.15) is 0 Å². The molecule has 14 heavy (non-hydrogen) atoms. The van der Waals surface area contributed by atoms with Crippen molar-refractivity contribution in [2.24, 2.45) is 5.41 Å². The topological polar surface area (TPSA) is 32.3 Å². The molecule has 2 nitrogen and oxygen atoms in total. The molecule has 1 saturated heterocycles. The molecule has 0 bridgehead atoms. The van der Waals surface area contributed by atoms with Gasteiger partial charge in [-0.15, -0.1) is 6.42 Å². The summed E-state index contributed by atoms with van der Waals surface area (Å²) in [5, 5.41) is 14.0. The molecule has 0 aromatic carbocycles. The summed E-state index contributed by atoms with van der Waals surface area (Å²) in [4.78, 5) is 0. The van der Waals surface area contributed by atoms with E-state index in [4.69, 9.17) is 6.42 Å². The number of rotatable bonds is 0. The number of nitrogens with one attached hydrogen (secondary N) is 1. The van der Waals surface area contributed by atoms with Crippen molar-refractivity contribution in [3.63, 3.8) is 0 Å². The molecule has 1 saturated carbocycles. The van der Waals surface area contributed by atoms with E-state index in [9.17, 15) is 5.11 Å². The molecule has 1 aliphatic heterocycles. The molecule has 1 aliphatic carbocycles. The lowest BCUT2D eigenvalue weighted by Gasteiger charge is -2.53. The maximum absolute atomic E-state index is 10.5. The van der Waals surface area contributed by atoms with Gasteiger partial charge in [-0.1, -0.05) is 12.8 Å². The number of piperidine rings is 1. The van der Waals surface area contributed by atoms with E-state index in [1.54, 1.807) is 0 Å². The van der Waals surface area contributed by atoms with Crippen LogP contribution in [0.1, 0.15) is 39.0 Å². The third kappa shape index (κ3) is 1.20. The summed E-state index contributed by atoms with van der Waals surface area (Å²) in [6.45, 7) is 3.21. The molecule has 2 N–H and O–H groups in total. The molecule has 2 aliphatic rings. The normalized spacial score (nSPS) is 47.9. The summed E-state index contributed by atoms with van der Waals surface area (Å²) >= 11 is 0. The van der Waals surface area contributed by atoms with Crippen LogP contribution in [0.3, 0.4) is 0 Å². The van der Waals surface area contributed by atoms with Crippen LogP contribution in [0, 0.1) is 17.8 Å². The Morgan fingerprint density at radius 2 is 2.21 bits per heavy atom. The van der Waals surface area contributed by atoms with Gasteiger partial charge in [0.25, 0.3) is 0 Å². The Balaban J connectivity index is 2.32. The van der Waals surface area contributed by atoms with Crippen LogP contribution >= 0.6 is 0 Å². The smallest absolute Gasteiger partial charge is 0.132 e. The third-order valence-electron chi connectivity index (χ3n) is 4.25. The molecule has 0 radical (unpaired) electrons. The van der Waals surface area contributed by atoms with Gasteiger partial charge in [0, 0.05) is 11.5 Å². The number of terminal acetylenes is 1. The molecule has 0 aromatic heterocycles. The van der Waals surface area contributed by atoms with Crippen molar-refractivity contribution in [1.29, 1.82) is 0 Å². The lowest BCUT2D eigenvalue weighted by atomic mass is 9.58. The van der Waals surface area contributed by atoms with Crippen molar-refractivity contribution >= 4 is 0 Å². The van der Waals surface area contributed by atoms with Crippen LogP contribution in [0.4, 0.5) is 0 Å². The maximum atomic E-state index is 10.5. The van der Waals surface area contributed by atoms with E-state index in [0.29, 0.717) is 6.04 Å². The Morgan fingerprint density at radius 1 is 1.43 bits per heavy atom. The fourth-order valence-corrected chi connectivity index (χ4v) is 3.13. The van der Waals surface area contributed by atoms with Crippen molar-refractivity contribution in [2.45, 2.75) is 50.7 Å². The maximum Gasteiger partial charge on any atom is 0.132 e. The van der Waals surface area contributed by atoms with Gasteiger partial charge in [-0.3, -0.25) is 0 Å². The molecule has 2 fully saturated rings. The molecule has 1 heterocycles. The predicted molar refractivity (Wildman–Crippen MR) is 56.8 cm³/mol. The highest BCUT2D eigenvalue weighted by Gasteiger charge is 2.53. The van der Waals surface area contributed by atoms with E-state index in [-0.39, 0.29) is 5.41 Å². The summed E-state index contributed by atoms with van der Waals surface area (Å²) < 4.78 is 0. The van der Waals surface area contributed by atoms with E-state index >= 15 is 0 Å². The SMILES string of the molecule is C#C[C@]1(O)CCCC2NCCC[C@]21C. The lowest BCUT2D eigenvalue weighted by Crippen LogP contribution is -2.62. The monoisotopic (exact) mass is 193 g/mol. The second-order valence-electron chi connectivity index (χ2n) is 4.92. The minimum atomic E-state index is -0.886. The fourth-order valence-electron chi connectivity index (χ4n) is 3.13. The van der Waals surface area contributed by atoms with E-state index in [0.717, 1.165) is 38.6 Å². The Hall–Kier alpha value is -0.520. The zero-order valence-corrected chi connectivity index (χ0v) is 8.84. The first kappa shape index (κ1) is 10.0. The second-order valence-corrected chi connectivity index (χ2v) is 4.92. The molecule has 0 aromatic rings. The molecule has 0 amide bonds. The Morgan fingerprint density at radius 3 is 2.93 bits per heavy atom. The molecule has 3 atom stereocenters. The zero-order chi connectivity index (χ0) is 10.2. The van der Waals surface area contributed by atoms with Crippen molar-refractivity contribution in [1.82, 2.24) is 5.32 Å². The molecule has 2 rings (SSSR count). The first-order valence-electron chi connectivity index (χ1n) is 5.56. The second kappa shape index (κ2) is 3.25. The summed E-state index contributed by atoms with van der Waals surface area (Å²) in [5.74, 6) is 2.64. The first-order valence-corrected chi connectivity index (χ1v) is 5.56. The molecule has 78 valence electrons. The number of hydrogen-bond donors (Lipinski definition) is 2. The average Bonchev–Trinajstić information content (AvgIpc) is 2.20. The van der Waals surface area contributed by atoms with Crippen LogP contribution in [-0.4, -0.2) is 23.3 Å². The van der Waals surface area contributed by atoms with E-state index < -0.39 is 5.60 Å². The summed E-state index contributed by atoms with van der Waals surface area (Å²) in [6, 6.07) is 0.408. The van der Waals surface area contributed by atoms with Gasteiger partial charge in [0.15, 0.2) is 0 Å². The molecular weight excluding hydrogens is 174 g/mol.